The molecular weight excluding hydrogens is 617 g/mol. The van der Waals surface area contributed by atoms with Gasteiger partial charge in [0.05, 0.1) is 11.5 Å². The van der Waals surface area contributed by atoms with E-state index >= 15 is 0 Å². The zero-order valence-corrected chi connectivity index (χ0v) is 29.6. The second-order valence-corrected chi connectivity index (χ2v) is 17.9. The number of benzene rings is 6. The zero-order chi connectivity index (χ0) is 34.3. The average Bonchev–Trinajstić information content (AvgIpc) is 3.13. The molecule has 0 unspecified atom stereocenters. The summed E-state index contributed by atoms with van der Waals surface area (Å²) < 4.78 is 7.09. The summed E-state index contributed by atoms with van der Waals surface area (Å²) >= 11 is 0. The van der Waals surface area contributed by atoms with Crippen molar-refractivity contribution < 1.29 is 9.22 Å². The third-order valence-corrected chi connectivity index (χ3v) is 9.96. The lowest BCUT2D eigenvalue weighted by molar-refractivity contribution is 0.0676. The van der Waals surface area contributed by atoms with Crippen LogP contribution in [0.1, 0.15) is 40.3 Å². The van der Waals surface area contributed by atoms with E-state index in [9.17, 15) is 4.79 Å². The first-order chi connectivity index (χ1) is 23.7. The molecule has 0 saturated carbocycles. The lowest BCUT2D eigenvalue weighted by atomic mass is 9.65. The summed E-state index contributed by atoms with van der Waals surface area (Å²) in [7, 11) is -2.13. The molecule has 2 amide bonds. The first kappa shape index (κ1) is 33.7. The van der Waals surface area contributed by atoms with Crippen molar-refractivity contribution in [1.29, 1.82) is 0 Å². The van der Waals surface area contributed by atoms with E-state index in [-0.39, 0.29) is 6.03 Å². The molecule has 6 rings (SSSR count). The Kier molecular flexibility index (Phi) is 9.95. The maximum atomic E-state index is 13.8. The lowest BCUT2D eigenvalue weighted by Gasteiger charge is -2.44. The van der Waals surface area contributed by atoms with Crippen molar-refractivity contribution in [3.05, 3.63) is 209 Å². The molecule has 49 heavy (non-hydrogen) atoms. The molecule has 0 bridgehead atoms. The van der Waals surface area contributed by atoms with E-state index in [1.54, 1.807) is 0 Å². The standard InChI is InChI=1S/C44H44N2O2Si/c1-34(44(48-49(2,3)4,39-26-16-8-17-27-39)40-28-18-9-19-29-40)45-42(47)46-41-32-30-38(31-33-41)43(35-20-10-5-11-21-35,36-22-12-6-13-23-36)37-24-14-7-15-25-37/h5-34H,1-4H3,(H2,45,46,47)/t34-/m0/s1. The maximum Gasteiger partial charge on any atom is 0.319 e. The Balaban J connectivity index is 1.34. The predicted octanol–water partition coefficient (Wildman–Crippen LogP) is 10.4. The second-order valence-electron chi connectivity index (χ2n) is 13.4. The van der Waals surface area contributed by atoms with E-state index in [1.807, 2.05) is 55.5 Å². The Hall–Kier alpha value is -5.23. The summed E-state index contributed by atoms with van der Waals surface area (Å²) in [5.74, 6) is 0. The van der Waals surface area contributed by atoms with Crippen molar-refractivity contribution in [2.24, 2.45) is 0 Å². The van der Waals surface area contributed by atoms with Crippen LogP contribution in [-0.4, -0.2) is 20.4 Å². The Morgan fingerprint density at radius 2 is 0.837 bits per heavy atom. The molecule has 6 aromatic carbocycles. The van der Waals surface area contributed by atoms with Gasteiger partial charge in [0, 0.05) is 5.69 Å². The molecule has 0 aliphatic carbocycles. The summed E-state index contributed by atoms with van der Waals surface area (Å²) in [4.78, 5) is 13.8. The smallest absolute Gasteiger partial charge is 0.319 e. The molecule has 6 aromatic rings. The summed E-state index contributed by atoms with van der Waals surface area (Å²) in [6, 6.07) is 59.8. The van der Waals surface area contributed by atoms with E-state index in [0.717, 1.165) is 16.7 Å². The van der Waals surface area contributed by atoms with Gasteiger partial charge in [0.1, 0.15) is 5.60 Å². The third-order valence-electron chi connectivity index (χ3n) is 9.03. The molecule has 0 aliphatic heterocycles. The van der Waals surface area contributed by atoms with Gasteiger partial charge in [-0.3, -0.25) is 0 Å². The van der Waals surface area contributed by atoms with Crippen molar-refractivity contribution in [2.45, 2.75) is 43.6 Å². The number of amides is 2. The van der Waals surface area contributed by atoms with E-state index < -0.39 is 25.4 Å². The molecule has 5 heteroatoms. The Morgan fingerprint density at radius 3 is 1.18 bits per heavy atom. The first-order valence-electron chi connectivity index (χ1n) is 16.9. The topological polar surface area (TPSA) is 50.4 Å². The van der Waals surface area contributed by atoms with Gasteiger partial charge in [-0.2, -0.15) is 0 Å². The number of hydrogen-bond acceptors (Lipinski definition) is 2. The number of carbonyl (C=O) groups is 1. The molecule has 2 N–H and O–H groups in total. The first-order valence-corrected chi connectivity index (χ1v) is 20.3. The van der Waals surface area contributed by atoms with Crippen LogP contribution in [-0.2, 0) is 15.4 Å². The van der Waals surface area contributed by atoms with Gasteiger partial charge >= 0.3 is 6.03 Å². The van der Waals surface area contributed by atoms with Crippen LogP contribution < -0.4 is 10.6 Å². The normalized spacial score (nSPS) is 12.6. The van der Waals surface area contributed by atoms with Gasteiger partial charge in [-0.15, -0.1) is 0 Å². The molecule has 0 saturated heterocycles. The molecule has 1 atom stereocenters. The van der Waals surface area contributed by atoms with Crippen molar-refractivity contribution in [2.75, 3.05) is 5.32 Å². The summed E-state index contributed by atoms with van der Waals surface area (Å²) in [5.41, 5.74) is 5.87. The molecule has 0 spiro atoms. The largest absolute Gasteiger partial charge is 0.402 e. The minimum Gasteiger partial charge on any atom is -0.402 e. The highest BCUT2D eigenvalue weighted by Crippen LogP contribution is 2.45. The monoisotopic (exact) mass is 660 g/mol. The van der Waals surface area contributed by atoms with Gasteiger partial charge in [-0.05, 0) is 72.1 Å². The fraction of sp³-hybridized carbons (Fsp3) is 0.159. The molecule has 0 aromatic heterocycles. The third kappa shape index (κ3) is 7.00. The van der Waals surface area contributed by atoms with Crippen LogP contribution in [0.15, 0.2) is 176 Å². The van der Waals surface area contributed by atoms with Crippen molar-refractivity contribution >= 4 is 20.0 Å². The van der Waals surface area contributed by atoms with E-state index in [2.05, 4.69) is 158 Å². The summed E-state index contributed by atoms with van der Waals surface area (Å²) in [6.07, 6.45) is 0. The quantitative estimate of drug-likeness (QED) is 0.107. The summed E-state index contributed by atoms with van der Waals surface area (Å²) in [5, 5.41) is 6.37. The minimum absolute atomic E-state index is 0.295. The Labute approximate surface area is 292 Å². The SMILES string of the molecule is C[C@H](NC(=O)Nc1ccc(C(c2ccccc2)(c2ccccc2)c2ccccc2)cc1)C(O[Si](C)(C)C)(c1ccccc1)c1ccccc1. The molecular formula is C44H44N2O2Si. The van der Waals surface area contributed by atoms with E-state index in [1.165, 1.54) is 16.7 Å². The second kappa shape index (κ2) is 14.5. The molecule has 246 valence electrons. The number of nitrogens with one attached hydrogen (secondary N) is 2. The molecule has 4 nitrogen and oxygen atoms in total. The minimum atomic E-state index is -2.13. The Morgan fingerprint density at radius 1 is 0.510 bits per heavy atom. The number of hydrogen-bond donors (Lipinski definition) is 2. The van der Waals surface area contributed by atoms with Crippen LogP contribution >= 0.6 is 0 Å². The van der Waals surface area contributed by atoms with Crippen LogP contribution in [0.3, 0.4) is 0 Å². The van der Waals surface area contributed by atoms with Gasteiger partial charge in [0.2, 0.25) is 0 Å². The van der Waals surface area contributed by atoms with Crippen molar-refractivity contribution in [1.82, 2.24) is 5.32 Å². The maximum absolute atomic E-state index is 13.8. The number of carbonyl (C=O) groups excluding carboxylic acids is 1. The fourth-order valence-corrected chi connectivity index (χ4v) is 8.44. The van der Waals surface area contributed by atoms with Crippen molar-refractivity contribution in [3.8, 4) is 0 Å². The van der Waals surface area contributed by atoms with Gasteiger partial charge in [0.15, 0.2) is 8.32 Å². The number of urea groups is 1. The van der Waals surface area contributed by atoms with Crippen LogP contribution in [0.25, 0.3) is 0 Å². The number of anilines is 1. The molecule has 0 fully saturated rings. The van der Waals surface area contributed by atoms with E-state index in [0.29, 0.717) is 5.69 Å². The van der Waals surface area contributed by atoms with Crippen LogP contribution in [0.4, 0.5) is 10.5 Å². The average molecular weight is 661 g/mol. The van der Waals surface area contributed by atoms with Crippen LogP contribution in [0.2, 0.25) is 19.6 Å². The van der Waals surface area contributed by atoms with Gasteiger partial charge in [0.25, 0.3) is 0 Å². The van der Waals surface area contributed by atoms with Crippen molar-refractivity contribution in [3.63, 3.8) is 0 Å². The van der Waals surface area contributed by atoms with Crippen LogP contribution in [0.5, 0.6) is 0 Å². The highest BCUT2D eigenvalue weighted by atomic mass is 28.4. The molecule has 0 heterocycles. The highest BCUT2D eigenvalue weighted by Gasteiger charge is 2.45. The lowest BCUT2D eigenvalue weighted by Crippen LogP contribution is -2.55. The predicted molar refractivity (Wildman–Crippen MR) is 204 cm³/mol. The number of rotatable bonds is 11. The van der Waals surface area contributed by atoms with E-state index in [4.69, 9.17) is 4.43 Å². The van der Waals surface area contributed by atoms with Gasteiger partial charge < -0.3 is 15.1 Å². The van der Waals surface area contributed by atoms with Gasteiger partial charge in [-0.25, -0.2) is 4.79 Å². The summed E-state index contributed by atoms with van der Waals surface area (Å²) in [6.45, 7) is 8.57. The molecule has 0 aliphatic rings. The Bertz CT molecular complexity index is 1790. The van der Waals surface area contributed by atoms with Gasteiger partial charge in [-0.1, -0.05) is 164 Å². The zero-order valence-electron chi connectivity index (χ0n) is 28.6. The molecule has 0 radical (unpaired) electrons. The fourth-order valence-electron chi connectivity index (χ4n) is 7.06. The highest BCUT2D eigenvalue weighted by molar-refractivity contribution is 6.69. The van der Waals surface area contributed by atoms with Crippen LogP contribution in [0, 0.1) is 0 Å².